The predicted molar refractivity (Wildman–Crippen MR) is 76.2 cm³/mol. The van der Waals surface area contributed by atoms with Crippen molar-refractivity contribution in [3.8, 4) is 23.1 Å². The van der Waals surface area contributed by atoms with E-state index in [1.807, 2.05) is 32.2 Å². The SMILES string of the molecule is CCc1cc(-c2cc(C#N)c(C)n2C)ccc1OC. The summed E-state index contributed by atoms with van der Waals surface area (Å²) in [7, 11) is 3.68. The van der Waals surface area contributed by atoms with Crippen molar-refractivity contribution in [3.05, 3.63) is 41.1 Å². The molecule has 0 radical (unpaired) electrons. The van der Waals surface area contributed by atoms with Gasteiger partial charge in [0.1, 0.15) is 11.8 Å². The Hall–Kier alpha value is -2.21. The molecule has 98 valence electrons. The van der Waals surface area contributed by atoms with Crippen molar-refractivity contribution in [2.24, 2.45) is 7.05 Å². The number of nitriles is 1. The largest absolute Gasteiger partial charge is 0.496 e. The lowest BCUT2D eigenvalue weighted by Gasteiger charge is -2.10. The van der Waals surface area contributed by atoms with Crippen molar-refractivity contribution in [1.29, 1.82) is 5.26 Å². The fourth-order valence-electron chi connectivity index (χ4n) is 2.30. The summed E-state index contributed by atoms with van der Waals surface area (Å²) in [6.45, 7) is 4.07. The molecule has 0 N–H and O–H groups in total. The number of hydrogen-bond donors (Lipinski definition) is 0. The lowest BCUT2D eigenvalue weighted by molar-refractivity contribution is 0.410. The van der Waals surface area contributed by atoms with Crippen molar-refractivity contribution in [3.63, 3.8) is 0 Å². The van der Waals surface area contributed by atoms with Crippen LogP contribution in [-0.2, 0) is 13.5 Å². The molecule has 0 amide bonds. The van der Waals surface area contributed by atoms with Gasteiger partial charge in [0.15, 0.2) is 0 Å². The van der Waals surface area contributed by atoms with E-state index >= 15 is 0 Å². The number of rotatable bonds is 3. The number of benzene rings is 1. The molecule has 0 bridgehead atoms. The molecule has 0 fully saturated rings. The first kappa shape index (κ1) is 13.2. The monoisotopic (exact) mass is 254 g/mol. The van der Waals surface area contributed by atoms with Gasteiger partial charge in [-0.1, -0.05) is 6.92 Å². The Bertz CT molecular complexity index is 647. The van der Waals surface area contributed by atoms with E-state index in [-0.39, 0.29) is 0 Å². The van der Waals surface area contributed by atoms with Crippen molar-refractivity contribution in [2.45, 2.75) is 20.3 Å². The van der Waals surface area contributed by atoms with E-state index in [1.165, 1.54) is 5.56 Å². The van der Waals surface area contributed by atoms with Crippen molar-refractivity contribution < 1.29 is 4.74 Å². The average Bonchev–Trinajstić information content (AvgIpc) is 2.74. The molecule has 1 aromatic heterocycles. The lowest BCUT2D eigenvalue weighted by Crippen LogP contribution is -1.96. The van der Waals surface area contributed by atoms with Crippen LogP contribution in [0.1, 0.15) is 23.7 Å². The summed E-state index contributed by atoms with van der Waals surface area (Å²) in [5, 5.41) is 9.10. The van der Waals surface area contributed by atoms with Gasteiger partial charge in [-0.25, -0.2) is 0 Å². The molecule has 0 atom stereocenters. The summed E-state index contributed by atoms with van der Waals surface area (Å²) in [4.78, 5) is 0. The second-order valence-corrected chi connectivity index (χ2v) is 4.58. The predicted octanol–water partition coefficient (Wildman–Crippen LogP) is 3.44. The van der Waals surface area contributed by atoms with Crippen molar-refractivity contribution >= 4 is 0 Å². The highest BCUT2D eigenvalue weighted by Gasteiger charge is 2.12. The average molecular weight is 254 g/mol. The molecular formula is C16H18N2O. The molecule has 2 rings (SSSR count). The first-order valence-corrected chi connectivity index (χ1v) is 6.36. The standard InChI is InChI=1S/C16H18N2O/c1-5-12-8-13(6-7-16(12)19-4)15-9-14(10-17)11(2)18(15)3/h6-9H,5H2,1-4H3. The molecule has 0 aliphatic rings. The maximum Gasteiger partial charge on any atom is 0.122 e. The maximum atomic E-state index is 9.10. The van der Waals surface area contributed by atoms with Crippen LogP contribution in [0.5, 0.6) is 5.75 Å². The summed E-state index contributed by atoms with van der Waals surface area (Å²) in [6.07, 6.45) is 0.922. The van der Waals surface area contributed by atoms with Crippen LogP contribution in [0.25, 0.3) is 11.3 Å². The van der Waals surface area contributed by atoms with Crippen LogP contribution in [-0.4, -0.2) is 11.7 Å². The minimum atomic E-state index is 0.728. The summed E-state index contributed by atoms with van der Waals surface area (Å²) in [5.74, 6) is 0.915. The van der Waals surface area contributed by atoms with E-state index in [2.05, 4.69) is 23.6 Å². The molecular weight excluding hydrogens is 236 g/mol. The molecule has 0 unspecified atom stereocenters. The van der Waals surface area contributed by atoms with Gasteiger partial charge in [0.2, 0.25) is 0 Å². The van der Waals surface area contributed by atoms with Crippen molar-refractivity contribution in [1.82, 2.24) is 4.57 Å². The Morgan fingerprint density at radius 3 is 2.58 bits per heavy atom. The van der Waals surface area contributed by atoms with Crippen molar-refractivity contribution in [2.75, 3.05) is 7.11 Å². The summed E-state index contributed by atoms with van der Waals surface area (Å²) < 4.78 is 7.40. The van der Waals surface area contributed by atoms with Crippen LogP contribution in [0.2, 0.25) is 0 Å². The Kier molecular flexibility index (Phi) is 3.62. The van der Waals surface area contributed by atoms with E-state index in [1.54, 1.807) is 7.11 Å². The Balaban J connectivity index is 2.57. The van der Waals surface area contributed by atoms with Gasteiger partial charge < -0.3 is 9.30 Å². The highest BCUT2D eigenvalue weighted by atomic mass is 16.5. The fourth-order valence-corrected chi connectivity index (χ4v) is 2.30. The molecule has 0 aliphatic heterocycles. The van der Waals surface area contributed by atoms with Crippen LogP contribution >= 0.6 is 0 Å². The van der Waals surface area contributed by atoms with Gasteiger partial charge in [-0.05, 0) is 48.7 Å². The van der Waals surface area contributed by atoms with Crippen LogP contribution in [0.3, 0.4) is 0 Å². The molecule has 0 saturated carbocycles. The first-order valence-electron chi connectivity index (χ1n) is 6.36. The zero-order valence-corrected chi connectivity index (χ0v) is 11.8. The van der Waals surface area contributed by atoms with Gasteiger partial charge in [0, 0.05) is 18.4 Å². The van der Waals surface area contributed by atoms with Crippen LogP contribution in [0.4, 0.5) is 0 Å². The number of methoxy groups -OCH3 is 1. The molecule has 0 spiro atoms. The molecule has 2 aromatic rings. The topological polar surface area (TPSA) is 38.0 Å². The smallest absolute Gasteiger partial charge is 0.122 e. The molecule has 1 heterocycles. The van der Waals surface area contributed by atoms with Crippen LogP contribution in [0.15, 0.2) is 24.3 Å². The molecule has 3 nitrogen and oxygen atoms in total. The fraction of sp³-hybridized carbons (Fsp3) is 0.312. The lowest BCUT2D eigenvalue weighted by atomic mass is 10.0. The van der Waals surface area contributed by atoms with Crippen LogP contribution in [0, 0.1) is 18.3 Å². The van der Waals surface area contributed by atoms with E-state index in [4.69, 9.17) is 10.00 Å². The van der Waals surface area contributed by atoms with Gasteiger partial charge in [0.05, 0.1) is 12.7 Å². The number of aryl methyl sites for hydroxylation is 1. The minimum absolute atomic E-state index is 0.728. The zero-order chi connectivity index (χ0) is 14.0. The number of ether oxygens (including phenoxy) is 1. The van der Waals surface area contributed by atoms with Gasteiger partial charge >= 0.3 is 0 Å². The Labute approximate surface area is 114 Å². The quantitative estimate of drug-likeness (QED) is 0.841. The molecule has 0 saturated heterocycles. The van der Waals surface area contributed by atoms with E-state index in [9.17, 15) is 0 Å². The third-order valence-corrected chi connectivity index (χ3v) is 3.61. The third-order valence-electron chi connectivity index (χ3n) is 3.61. The van der Waals surface area contributed by atoms with E-state index in [0.29, 0.717) is 0 Å². The molecule has 19 heavy (non-hydrogen) atoms. The third kappa shape index (κ3) is 2.22. The van der Waals surface area contributed by atoms with Gasteiger partial charge in [-0.15, -0.1) is 0 Å². The summed E-state index contributed by atoms with van der Waals surface area (Å²) >= 11 is 0. The minimum Gasteiger partial charge on any atom is -0.496 e. The Morgan fingerprint density at radius 1 is 1.32 bits per heavy atom. The molecule has 1 aromatic carbocycles. The molecule has 0 aliphatic carbocycles. The first-order chi connectivity index (χ1) is 9.12. The summed E-state index contributed by atoms with van der Waals surface area (Å²) in [6, 6.07) is 10.3. The normalized spacial score (nSPS) is 10.3. The zero-order valence-electron chi connectivity index (χ0n) is 11.8. The summed E-state index contributed by atoms with van der Waals surface area (Å²) in [5.41, 5.74) is 5.08. The second-order valence-electron chi connectivity index (χ2n) is 4.58. The number of hydrogen-bond acceptors (Lipinski definition) is 2. The van der Waals surface area contributed by atoms with Gasteiger partial charge in [-0.3, -0.25) is 0 Å². The van der Waals surface area contributed by atoms with Gasteiger partial charge in [0.25, 0.3) is 0 Å². The highest BCUT2D eigenvalue weighted by Crippen LogP contribution is 2.29. The second kappa shape index (κ2) is 5.19. The van der Waals surface area contributed by atoms with E-state index in [0.717, 1.165) is 34.7 Å². The van der Waals surface area contributed by atoms with E-state index < -0.39 is 0 Å². The van der Waals surface area contributed by atoms with Crippen LogP contribution < -0.4 is 4.74 Å². The Morgan fingerprint density at radius 2 is 2.05 bits per heavy atom. The number of nitrogens with zero attached hydrogens (tertiary/aromatic N) is 2. The number of aromatic nitrogens is 1. The highest BCUT2D eigenvalue weighted by molar-refractivity contribution is 5.66. The maximum absolute atomic E-state index is 9.10. The molecule has 3 heteroatoms. The van der Waals surface area contributed by atoms with Gasteiger partial charge in [-0.2, -0.15) is 5.26 Å².